The molecule has 0 spiro atoms. The lowest BCUT2D eigenvalue weighted by atomic mass is 10.1. The van der Waals surface area contributed by atoms with Crippen molar-refractivity contribution in [3.8, 4) is 0 Å². The normalized spacial score (nSPS) is 11.7. The number of esters is 1. The van der Waals surface area contributed by atoms with Crippen molar-refractivity contribution in [1.82, 2.24) is 9.55 Å². The number of nitrogens with zero attached hydrogens (tertiary/aromatic N) is 1. The van der Waals surface area contributed by atoms with Crippen LogP contribution in [-0.4, -0.2) is 22.6 Å². The monoisotopic (exact) mass is 303 g/mol. The van der Waals surface area contributed by atoms with E-state index in [2.05, 4.69) is 15.0 Å². The SMILES string of the molecule is COC(=O)Cn1c(=O)cc(N[C@@H](C)c2ccccc2)[nH]c1=O. The molecule has 0 unspecified atom stereocenters. The summed E-state index contributed by atoms with van der Waals surface area (Å²) in [7, 11) is 1.19. The fourth-order valence-electron chi connectivity index (χ4n) is 2.00. The van der Waals surface area contributed by atoms with Gasteiger partial charge in [0.25, 0.3) is 5.56 Å². The molecule has 2 aromatic rings. The number of rotatable bonds is 5. The van der Waals surface area contributed by atoms with Crippen molar-refractivity contribution in [1.29, 1.82) is 0 Å². The first-order valence-corrected chi connectivity index (χ1v) is 6.73. The molecule has 7 heteroatoms. The average Bonchev–Trinajstić information content (AvgIpc) is 2.51. The predicted molar refractivity (Wildman–Crippen MR) is 81.8 cm³/mol. The number of methoxy groups -OCH3 is 1. The molecule has 22 heavy (non-hydrogen) atoms. The van der Waals surface area contributed by atoms with Gasteiger partial charge in [0.05, 0.1) is 7.11 Å². The second-order valence-corrected chi connectivity index (χ2v) is 4.77. The molecular weight excluding hydrogens is 286 g/mol. The molecule has 0 radical (unpaired) electrons. The highest BCUT2D eigenvalue weighted by atomic mass is 16.5. The van der Waals surface area contributed by atoms with Crippen LogP contribution in [0.25, 0.3) is 0 Å². The van der Waals surface area contributed by atoms with Gasteiger partial charge in [-0.3, -0.25) is 14.6 Å². The molecule has 0 aliphatic rings. The minimum absolute atomic E-state index is 0.0901. The van der Waals surface area contributed by atoms with Crippen LogP contribution in [0.15, 0.2) is 46.0 Å². The zero-order valence-corrected chi connectivity index (χ0v) is 12.3. The second kappa shape index (κ2) is 6.75. The summed E-state index contributed by atoms with van der Waals surface area (Å²) in [6.07, 6.45) is 0. The van der Waals surface area contributed by atoms with E-state index >= 15 is 0 Å². The largest absolute Gasteiger partial charge is 0.468 e. The molecule has 0 saturated carbocycles. The number of carbonyl (C=O) groups is 1. The fourth-order valence-corrected chi connectivity index (χ4v) is 2.00. The van der Waals surface area contributed by atoms with Crippen molar-refractivity contribution in [2.24, 2.45) is 0 Å². The van der Waals surface area contributed by atoms with Gasteiger partial charge in [-0.1, -0.05) is 30.3 Å². The number of hydrogen-bond acceptors (Lipinski definition) is 5. The quantitative estimate of drug-likeness (QED) is 0.800. The average molecular weight is 303 g/mol. The molecule has 0 aliphatic heterocycles. The molecule has 116 valence electrons. The first kappa shape index (κ1) is 15.6. The lowest BCUT2D eigenvalue weighted by Gasteiger charge is -2.15. The first-order chi connectivity index (χ1) is 10.5. The molecule has 0 aliphatic carbocycles. The van der Waals surface area contributed by atoms with Crippen LogP contribution in [-0.2, 0) is 16.1 Å². The van der Waals surface area contributed by atoms with Gasteiger partial charge in [0.2, 0.25) is 0 Å². The summed E-state index contributed by atoms with van der Waals surface area (Å²) >= 11 is 0. The van der Waals surface area contributed by atoms with E-state index in [4.69, 9.17) is 0 Å². The fraction of sp³-hybridized carbons (Fsp3) is 0.267. The summed E-state index contributed by atoms with van der Waals surface area (Å²) in [6.45, 7) is 1.49. The smallest absolute Gasteiger partial charge is 0.330 e. The molecule has 0 amide bonds. The van der Waals surface area contributed by atoms with Gasteiger partial charge in [-0.05, 0) is 12.5 Å². The van der Waals surface area contributed by atoms with Gasteiger partial charge in [-0.15, -0.1) is 0 Å². The molecule has 1 heterocycles. The minimum Gasteiger partial charge on any atom is -0.468 e. The number of nitrogens with one attached hydrogen (secondary N) is 2. The van der Waals surface area contributed by atoms with Crippen molar-refractivity contribution in [2.45, 2.75) is 19.5 Å². The third kappa shape index (κ3) is 3.63. The molecule has 0 fully saturated rings. The topological polar surface area (TPSA) is 93.2 Å². The van der Waals surface area contributed by atoms with Gasteiger partial charge < -0.3 is 10.1 Å². The zero-order valence-electron chi connectivity index (χ0n) is 12.3. The van der Waals surface area contributed by atoms with Crippen LogP contribution >= 0.6 is 0 Å². The third-order valence-corrected chi connectivity index (χ3v) is 3.21. The van der Waals surface area contributed by atoms with E-state index in [1.165, 1.54) is 13.2 Å². The first-order valence-electron chi connectivity index (χ1n) is 6.73. The maximum atomic E-state index is 11.9. The van der Waals surface area contributed by atoms with Crippen molar-refractivity contribution in [3.05, 3.63) is 62.8 Å². The molecule has 1 aromatic heterocycles. The molecule has 1 aromatic carbocycles. The van der Waals surface area contributed by atoms with Crippen LogP contribution in [0.2, 0.25) is 0 Å². The third-order valence-electron chi connectivity index (χ3n) is 3.21. The molecule has 0 bridgehead atoms. The van der Waals surface area contributed by atoms with E-state index < -0.39 is 23.8 Å². The Kier molecular flexibility index (Phi) is 4.77. The molecular formula is C15H17N3O4. The zero-order chi connectivity index (χ0) is 16.1. The van der Waals surface area contributed by atoms with Crippen LogP contribution in [0.3, 0.4) is 0 Å². The number of ether oxygens (including phenoxy) is 1. The van der Waals surface area contributed by atoms with Gasteiger partial charge in [-0.25, -0.2) is 9.36 Å². The highest BCUT2D eigenvalue weighted by molar-refractivity contribution is 5.68. The summed E-state index contributed by atoms with van der Waals surface area (Å²) < 4.78 is 5.23. The van der Waals surface area contributed by atoms with Gasteiger partial charge in [0.15, 0.2) is 0 Å². The summed E-state index contributed by atoms with van der Waals surface area (Å²) in [4.78, 5) is 37.5. The molecule has 1 atom stereocenters. The van der Waals surface area contributed by atoms with Crippen molar-refractivity contribution in [3.63, 3.8) is 0 Å². The van der Waals surface area contributed by atoms with E-state index in [9.17, 15) is 14.4 Å². The van der Waals surface area contributed by atoms with E-state index in [0.717, 1.165) is 10.1 Å². The van der Waals surface area contributed by atoms with Crippen LogP contribution < -0.4 is 16.6 Å². The number of carbonyl (C=O) groups excluding carboxylic acids is 1. The Morgan fingerprint density at radius 2 is 2.00 bits per heavy atom. The lowest BCUT2D eigenvalue weighted by molar-refractivity contribution is -0.141. The number of aromatic amines is 1. The Morgan fingerprint density at radius 3 is 2.59 bits per heavy atom. The number of hydrogen-bond donors (Lipinski definition) is 2. The Morgan fingerprint density at radius 1 is 1.32 bits per heavy atom. The molecule has 7 nitrogen and oxygen atoms in total. The number of anilines is 1. The van der Waals surface area contributed by atoms with Crippen molar-refractivity contribution in [2.75, 3.05) is 12.4 Å². The van der Waals surface area contributed by atoms with Crippen molar-refractivity contribution < 1.29 is 9.53 Å². The van der Waals surface area contributed by atoms with Gasteiger partial charge in [0, 0.05) is 12.1 Å². The van der Waals surface area contributed by atoms with Crippen LogP contribution in [0, 0.1) is 0 Å². The Hall–Kier alpha value is -2.83. The standard InChI is InChI=1S/C15H17N3O4/c1-10(11-6-4-3-5-7-11)16-12-8-13(19)18(15(21)17-12)9-14(20)22-2/h3-8,10,16H,9H2,1-2H3,(H,17,21)/t10-/m0/s1. The summed E-state index contributed by atoms with van der Waals surface area (Å²) in [5.41, 5.74) is -0.223. The number of aromatic nitrogens is 2. The maximum Gasteiger partial charge on any atom is 0.330 e. The maximum absolute atomic E-state index is 11.9. The number of H-pyrrole nitrogens is 1. The van der Waals surface area contributed by atoms with Gasteiger partial charge in [0.1, 0.15) is 12.4 Å². The lowest BCUT2D eigenvalue weighted by Crippen LogP contribution is -2.37. The Bertz CT molecular complexity index is 733. The van der Waals surface area contributed by atoms with E-state index in [-0.39, 0.29) is 6.04 Å². The highest BCUT2D eigenvalue weighted by Gasteiger charge is 2.11. The summed E-state index contributed by atoms with van der Waals surface area (Å²) in [5.74, 6) is -0.363. The summed E-state index contributed by atoms with van der Waals surface area (Å²) in [5, 5.41) is 3.05. The number of benzene rings is 1. The Balaban J connectivity index is 2.22. The van der Waals surface area contributed by atoms with Crippen LogP contribution in [0.4, 0.5) is 5.82 Å². The van der Waals surface area contributed by atoms with E-state index in [1.807, 2.05) is 37.3 Å². The predicted octanol–water partition coefficient (Wildman–Crippen LogP) is 0.883. The molecule has 2 N–H and O–H groups in total. The van der Waals surface area contributed by atoms with Crippen LogP contribution in [0.5, 0.6) is 0 Å². The highest BCUT2D eigenvalue weighted by Crippen LogP contribution is 2.15. The van der Waals surface area contributed by atoms with Crippen LogP contribution in [0.1, 0.15) is 18.5 Å². The molecule has 0 saturated heterocycles. The van der Waals surface area contributed by atoms with Crippen molar-refractivity contribution >= 4 is 11.8 Å². The van der Waals surface area contributed by atoms with Gasteiger partial charge >= 0.3 is 11.7 Å². The minimum atomic E-state index is -0.666. The van der Waals surface area contributed by atoms with E-state index in [0.29, 0.717) is 5.82 Å². The summed E-state index contributed by atoms with van der Waals surface area (Å²) in [6, 6.07) is 10.8. The second-order valence-electron chi connectivity index (χ2n) is 4.77. The molecule has 2 rings (SSSR count). The Labute approximate surface area is 126 Å². The van der Waals surface area contributed by atoms with E-state index in [1.54, 1.807) is 0 Å². The van der Waals surface area contributed by atoms with Gasteiger partial charge in [-0.2, -0.15) is 0 Å².